The van der Waals surface area contributed by atoms with Gasteiger partial charge in [0, 0.05) is 11.9 Å². The number of hydrogen-bond acceptors (Lipinski definition) is 4. The molecule has 7 heteroatoms. The number of allylic oxidation sites excluding steroid dienone is 2. The molecule has 1 atom stereocenters. The summed E-state index contributed by atoms with van der Waals surface area (Å²) in [5, 5.41) is 9.96. The maximum absolute atomic E-state index is 12.7. The molecule has 0 saturated carbocycles. The number of halogens is 2. The average molecular weight is 289 g/mol. The van der Waals surface area contributed by atoms with Crippen molar-refractivity contribution >= 4 is 13.7 Å². The summed E-state index contributed by atoms with van der Waals surface area (Å²) in [6, 6.07) is 0. The largest absolute Gasteiger partial charge is 0.426 e. The van der Waals surface area contributed by atoms with Gasteiger partial charge in [-0.2, -0.15) is 0 Å². The highest BCUT2D eigenvalue weighted by molar-refractivity contribution is 6.46. The van der Waals surface area contributed by atoms with E-state index in [-0.39, 0.29) is 6.54 Å². The monoisotopic (exact) mass is 289 g/mol. The van der Waals surface area contributed by atoms with Crippen molar-refractivity contribution < 1.29 is 18.5 Å². The van der Waals surface area contributed by atoms with Gasteiger partial charge < -0.3 is 15.5 Å². The van der Waals surface area contributed by atoms with E-state index in [1.54, 1.807) is 34.6 Å². The lowest BCUT2D eigenvalue weighted by molar-refractivity contribution is -0.0895. The van der Waals surface area contributed by atoms with Gasteiger partial charge in [0.2, 0.25) is 0 Å². The van der Waals surface area contributed by atoms with Crippen LogP contribution >= 0.6 is 0 Å². The Hall–Kier alpha value is -0.945. The summed E-state index contributed by atoms with van der Waals surface area (Å²) in [6.45, 7) is 7.01. The minimum Gasteiger partial charge on any atom is -0.426 e. The topological polar surface area (TPSA) is 67.8 Å². The van der Waals surface area contributed by atoms with E-state index in [1.807, 2.05) is 0 Å². The fourth-order valence-corrected chi connectivity index (χ4v) is 0.894. The van der Waals surface area contributed by atoms with Crippen LogP contribution < -0.4 is 5.73 Å². The molecule has 0 bridgehead atoms. The molecule has 0 saturated heterocycles. The molecule has 0 aliphatic heterocycles. The third-order valence-corrected chi connectivity index (χ3v) is 3.11. The molecule has 4 nitrogen and oxygen atoms in total. The van der Waals surface area contributed by atoms with Crippen molar-refractivity contribution in [2.24, 2.45) is 10.7 Å². The molecule has 0 aromatic carbocycles. The van der Waals surface area contributed by atoms with Gasteiger partial charge in [0.05, 0.1) is 17.7 Å². The van der Waals surface area contributed by atoms with E-state index in [0.717, 1.165) is 0 Å². The predicted molar refractivity (Wildman–Crippen MR) is 78.3 cm³/mol. The zero-order chi connectivity index (χ0) is 16.0. The van der Waals surface area contributed by atoms with Gasteiger partial charge in [-0.1, -0.05) is 0 Å². The Labute approximate surface area is 120 Å². The first kappa shape index (κ1) is 19.1. The van der Waals surface area contributed by atoms with Crippen molar-refractivity contribution in [2.75, 3.05) is 13.2 Å². The van der Waals surface area contributed by atoms with E-state index >= 15 is 0 Å². The van der Waals surface area contributed by atoms with Crippen LogP contribution in [0.15, 0.2) is 16.2 Å². The molecule has 0 heterocycles. The smallest absolute Gasteiger partial charge is 0.334 e. The Kier molecular flexibility index (Phi) is 7.37. The molecule has 0 aromatic rings. The number of alkyl halides is 2. The first-order valence-corrected chi connectivity index (χ1v) is 6.41. The van der Waals surface area contributed by atoms with Gasteiger partial charge in [0.15, 0.2) is 0 Å². The molecule has 3 N–H and O–H groups in total. The standard InChI is InChI=1S/C13H24BF2N2O2/c1-9(17)11(8-18-7-10(16)6-15)14-20-13(4,5)12(2,3)19/h8,10,19H,6-7,17H2,1-5H3. The summed E-state index contributed by atoms with van der Waals surface area (Å²) in [5.41, 5.74) is 4.64. The van der Waals surface area contributed by atoms with E-state index < -0.39 is 24.0 Å². The van der Waals surface area contributed by atoms with E-state index in [9.17, 15) is 13.9 Å². The third-order valence-electron chi connectivity index (χ3n) is 3.11. The highest BCUT2D eigenvalue weighted by Gasteiger charge is 2.35. The normalized spacial score (nSPS) is 16.2. The maximum atomic E-state index is 12.7. The van der Waals surface area contributed by atoms with Gasteiger partial charge in [-0.05, 0) is 40.1 Å². The molecule has 0 aliphatic carbocycles. The van der Waals surface area contributed by atoms with Gasteiger partial charge in [-0.15, -0.1) is 0 Å². The maximum Gasteiger partial charge on any atom is 0.334 e. The van der Waals surface area contributed by atoms with E-state index in [1.165, 1.54) is 13.7 Å². The van der Waals surface area contributed by atoms with Crippen molar-refractivity contribution in [3.63, 3.8) is 0 Å². The Morgan fingerprint density at radius 1 is 1.45 bits per heavy atom. The lowest BCUT2D eigenvalue weighted by atomic mass is 9.82. The number of nitrogens with two attached hydrogens (primary N) is 1. The minimum atomic E-state index is -1.61. The van der Waals surface area contributed by atoms with Crippen molar-refractivity contribution in [3.05, 3.63) is 11.2 Å². The second-order valence-corrected chi connectivity index (χ2v) is 5.69. The molecular weight excluding hydrogens is 265 g/mol. The van der Waals surface area contributed by atoms with Crippen LogP contribution in [-0.2, 0) is 4.65 Å². The van der Waals surface area contributed by atoms with E-state index in [2.05, 4.69) is 4.99 Å². The van der Waals surface area contributed by atoms with Gasteiger partial charge >= 0.3 is 7.48 Å². The van der Waals surface area contributed by atoms with Crippen LogP contribution in [0, 0.1) is 0 Å². The lowest BCUT2D eigenvalue weighted by Gasteiger charge is -2.37. The molecule has 115 valence electrons. The Bertz CT molecular complexity index is 362. The highest BCUT2D eigenvalue weighted by Crippen LogP contribution is 2.24. The van der Waals surface area contributed by atoms with Crippen LogP contribution in [0.5, 0.6) is 0 Å². The lowest BCUT2D eigenvalue weighted by Crippen LogP contribution is -2.48. The van der Waals surface area contributed by atoms with Crippen LogP contribution in [0.4, 0.5) is 8.78 Å². The summed E-state index contributed by atoms with van der Waals surface area (Å²) < 4.78 is 30.2. The van der Waals surface area contributed by atoms with Crippen LogP contribution in [0.3, 0.4) is 0 Å². The summed E-state index contributed by atoms with van der Waals surface area (Å²) in [6.07, 6.45) is -0.280. The first-order chi connectivity index (χ1) is 9.01. The predicted octanol–water partition coefficient (Wildman–Crippen LogP) is 1.74. The Morgan fingerprint density at radius 3 is 2.40 bits per heavy atom. The zero-order valence-electron chi connectivity index (χ0n) is 12.8. The molecule has 0 rings (SSSR count). The van der Waals surface area contributed by atoms with Crippen molar-refractivity contribution in [3.8, 4) is 0 Å². The summed E-state index contributed by atoms with van der Waals surface area (Å²) in [5.74, 6) is 0. The van der Waals surface area contributed by atoms with Gasteiger partial charge in [0.1, 0.15) is 12.8 Å². The van der Waals surface area contributed by atoms with E-state index in [4.69, 9.17) is 10.4 Å². The highest BCUT2D eigenvalue weighted by atomic mass is 19.2. The second-order valence-electron chi connectivity index (χ2n) is 5.69. The van der Waals surface area contributed by atoms with Crippen molar-refractivity contribution in [1.29, 1.82) is 0 Å². The summed E-state index contributed by atoms with van der Waals surface area (Å²) in [7, 11) is 1.36. The summed E-state index contributed by atoms with van der Waals surface area (Å²) in [4.78, 5) is 3.77. The number of aliphatic hydroxyl groups is 1. The molecule has 1 unspecified atom stereocenters. The number of aliphatic imine (C=N–C) groups is 1. The average Bonchev–Trinajstić information content (AvgIpc) is 2.31. The molecule has 0 amide bonds. The van der Waals surface area contributed by atoms with Crippen LogP contribution in [0.1, 0.15) is 34.6 Å². The van der Waals surface area contributed by atoms with E-state index in [0.29, 0.717) is 11.2 Å². The first-order valence-electron chi connectivity index (χ1n) is 6.41. The number of hydrogen-bond donors (Lipinski definition) is 2. The van der Waals surface area contributed by atoms with Crippen molar-refractivity contribution in [1.82, 2.24) is 0 Å². The van der Waals surface area contributed by atoms with Gasteiger partial charge in [-0.3, -0.25) is 4.99 Å². The SMILES string of the molecule is CC(N)=C([B]OC(C)(C)C(C)(C)O)C=NCC(F)CF. The van der Waals surface area contributed by atoms with Crippen LogP contribution in [0.2, 0.25) is 0 Å². The second kappa shape index (κ2) is 7.74. The molecule has 20 heavy (non-hydrogen) atoms. The van der Waals surface area contributed by atoms with Crippen LogP contribution in [0.25, 0.3) is 0 Å². The Balaban J connectivity index is 4.65. The third kappa shape index (κ3) is 6.48. The summed E-state index contributed by atoms with van der Waals surface area (Å²) >= 11 is 0. The fraction of sp³-hybridized carbons (Fsp3) is 0.769. The molecule has 1 radical (unpaired) electrons. The van der Waals surface area contributed by atoms with Gasteiger partial charge in [-0.25, -0.2) is 8.78 Å². The molecule has 0 fully saturated rings. The number of nitrogens with zero attached hydrogens (tertiary/aromatic N) is 1. The quantitative estimate of drug-likeness (QED) is 0.528. The molecule has 0 spiro atoms. The molecule has 0 aromatic heterocycles. The van der Waals surface area contributed by atoms with Gasteiger partial charge in [0.25, 0.3) is 0 Å². The minimum absolute atomic E-state index is 0.268. The molecule has 0 aliphatic rings. The number of rotatable bonds is 8. The van der Waals surface area contributed by atoms with Crippen LogP contribution in [-0.4, -0.2) is 49.4 Å². The van der Waals surface area contributed by atoms with Crippen molar-refractivity contribution in [2.45, 2.75) is 52.0 Å². The Morgan fingerprint density at radius 2 is 2.00 bits per heavy atom. The zero-order valence-corrected chi connectivity index (χ0v) is 12.8. The molecular formula is C13H24BF2N2O2. The fourth-order valence-electron chi connectivity index (χ4n) is 0.894.